The van der Waals surface area contributed by atoms with Gasteiger partial charge in [0.25, 0.3) is 0 Å². The molecule has 1 fully saturated rings. The highest BCUT2D eigenvalue weighted by Gasteiger charge is 2.66. The van der Waals surface area contributed by atoms with E-state index in [1.165, 1.54) is 12.1 Å². The Morgan fingerprint density at radius 1 is 1.36 bits per heavy atom. The zero-order valence-electron chi connectivity index (χ0n) is 14.8. The normalized spacial score (nSPS) is 24.0. The summed E-state index contributed by atoms with van der Waals surface area (Å²) in [5.41, 5.74) is 0. The van der Waals surface area contributed by atoms with Crippen molar-refractivity contribution in [3.05, 3.63) is 23.2 Å². The van der Waals surface area contributed by atoms with Crippen molar-refractivity contribution in [1.82, 2.24) is 10.2 Å². The number of nitrogens with one attached hydrogen (secondary N) is 1. The summed E-state index contributed by atoms with van der Waals surface area (Å²) in [7, 11) is 0. The molecule has 0 radical (unpaired) electrons. The van der Waals surface area contributed by atoms with Gasteiger partial charge in [-0.05, 0) is 31.9 Å². The first kappa shape index (κ1) is 20.4. The van der Waals surface area contributed by atoms with E-state index < -0.39 is 30.0 Å². The first-order valence-electron chi connectivity index (χ1n) is 8.63. The molecule has 2 heterocycles. The summed E-state index contributed by atoms with van der Waals surface area (Å²) < 4.78 is 56.0. The van der Waals surface area contributed by atoms with Crippen molar-refractivity contribution in [2.75, 3.05) is 19.7 Å². The third-order valence-electron chi connectivity index (χ3n) is 4.39. The quantitative estimate of drug-likeness (QED) is 0.756. The zero-order valence-corrected chi connectivity index (χ0v) is 15.6. The Morgan fingerprint density at radius 3 is 2.75 bits per heavy atom. The number of ether oxygens (including phenoxy) is 3. The lowest BCUT2D eigenvalue weighted by Gasteiger charge is -2.35. The maximum Gasteiger partial charge on any atom is 0.492 e. The molecule has 3 rings (SSSR count). The number of carbonyl (C=O) groups excluding carboxylic acids is 2. The van der Waals surface area contributed by atoms with Crippen molar-refractivity contribution in [3.63, 3.8) is 0 Å². The van der Waals surface area contributed by atoms with Gasteiger partial charge in [0.15, 0.2) is 11.5 Å². The predicted octanol–water partition coefficient (Wildman–Crippen LogP) is 3.31. The van der Waals surface area contributed by atoms with Crippen molar-refractivity contribution in [2.24, 2.45) is 5.92 Å². The number of rotatable bonds is 3. The fraction of sp³-hybridized carbons (Fsp3) is 0.529. The minimum atomic E-state index is -5.08. The van der Waals surface area contributed by atoms with Crippen molar-refractivity contribution in [2.45, 2.75) is 31.9 Å². The average molecular weight is 423 g/mol. The topological polar surface area (TPSA) is 77.1 Å². The van der Waals surface area contributed by atoms with Crippen LogP contribution >= 0.6 is 11.6 Å². The minimum absolute atomic E-state index is 0.0582. The lowest BCUT2D eigenvalue weighted by atomic mass is 9.98. The highest BCUT2D eigenvalue weighted by atomic mass is 35.5. The molecule has 1 aromatic rings. The van der Waals surface area contributed by atoms with Gasteiger partial charge in [-0.2, -0.15) is 13.2 Å². The van der Waals surface area contributed by atoms with E-state index in [9.17, 15) is 22.8 Å². The van der Waals surface area contributed by atoms with E-state index in [0.29, 0.717) is 12.8 Å². The van der Waals surface area contributed by atoms with Crippen LogP contribution in [-0.2, 0) is 9.53 Å². The second-order valence-corrected chi connectivity index (χ2v) is 6.81. The molecule has 0 saturated carbocycles. The largest absolute Gasteiger partial charge is 0.492 e. The Morgan fingerprint density at radius 2 is 2.07 bits per heavy atom. The van der Waals surface area contributed by atoms with E-state index in [1.54, 1.807) is 12.2 Å². The highest BCUT2D eigenvalue weighted by molar-refractivity contribution is 6.30. The molecule has 28 heavy (non-hydrogen) atoms. The van der Waals surface area contributed by atoms with Crippen LogP contribution < -0.4 is 14.8 Å². The Balaban J connectivity index is 1.76. The van der Waals surface area contributed by atoms with Crippen molar-refractivity contribution in [1.29, 1.82) is 0 Å². The fourth-order valence-electron chi connectivity index (χ4n) is 3.05. The summed E-state index contributed by atoms with van der Waals surface area (Å²) in [5, 5.41) is 1.94. The molecule has 7 nitrogen and oxygen atoms in total. The summed E-state index contributed by atoms with van der Waals surface area (Å²) in [5.74, 6) is -4.91. The average Bonchev–Trinajstić information content (AvgIpc) is 3.00. The van der Waals surface area contributed by atoms with Crippen LogP contribution in [0.1, 0.15) is 19.8 Å². The van der Waals surface area contributed by atoms with Gasteiger partial charge in [0.1, 0.15) is 0 Å². The first-order valence-corrected chi connectivity index (χ1v) is 9.01. The molecule has 0 aliphatic carbocycles. The molecule has 2 atom stereocenters. The van der Waals surface area contributed by atoms with E-state index >= 15 is 0 Å². The van der Waals surface area contributed by atoms with Crippen molar-refractivity contribution in [3.8, 4) is 11.5 Å². The molecule has 1 N–H and O–H groups in total. The van der Waals surface area contributed by atoms with Gasteiger partial charge in [-0.3, -0.25) is 10.1 Å². The van der Waals surface area contributed by atoms with Crippen LogP contribution in [-0.4, -0.2) is 48.7 Å². The summed E-state index contributed by atoms with van der Waals surface area (Å²) in [6.07, 6.45) is -4.14. The Bertz CT molecular complexity index is 776. The maximum atomic E-state index is 13.7. The second kappa shape index (κ2) is 7.57. The molecule has 2 aliphatic heterocycles. The molecule has 1 aromatic carbocycles. The van der Waals surface area contributed by atoms with Crippen molar-refractivity contribution >= 4 is 23.6 Å². The molecular weight excluding hydrogens is 405 g/mol. The van der Waals surface area contributed by atoms with Gasteiger partial charge >= 0.3 is 24.1 Å². The number of esters is 1. The van der Waals surface area contributed by atoms with Crippen molar-refractivity contribution < 1.29 is 37.0 Å². The Labute approximate surface area is 163 Å². The molecule has 11 heteroatoms. The predicted molar refractivity (Wildman–Crippen MR) is 91.0 cm³/mol. The van der Waals surface area contributed by atoms with Gasteiger partial charge in [0, 0.05) is 24.2 Å². The maximum absolute atomic E-state index is 13.7. The summed E-state index contributed by atoms with van der Waals surface area (Å²) >= 11 is 5.77. The standard InChI is InChI=1S/C17H18ClF3N2O5/c1-2-26-14(24)10-4-3-7-23(9-10)15(25)22-17(16(19,20)21)27-12-6-5-11(18)8-13(12)28-17/h5-6,8,10H,2-4,7,9H2,1H3,(H,22,25)/t10-,17+/m1/s1. The summed E-state index contributed by atoms with van der Waals surface area (Å²) in [6, 6.07) is 2.65. The van der Waals surface area contributed by atoms with Gasteiger partial charge in [-0.25, -0.2) is 4.79 Å². The molecule has 1 saturated heterocycles. The zero-order chi connectivity index (χ0) is 20.5. The van der Waals surface area contributed by atoms with Crippen LogP contribution in [0.25, 0.3) is 0 Å². The van der Waals surface area contributed by atoms with Gasteiger partial charge in [0.2, 0.25) is 0 Å². The van der Waals surface area contributed by atoms with Crippen LogP contribution in [0.4, 0.5) is 18.0 Å². The molecule has 2 aliphatic rings. The van der Waals surface area contributed by atoms with Crippen LogP contribution in [0, 0.1) is 5.92 Å². The smallest absolute Gasteiger partial charge is 0.466 e. The first-order chi connectivity index (χ1) is 13.1. The number of fused-ring (bicyclic) bond motifs is 1. The van der Waals surface area contributed by atoms with E-state index in [2.05, 4.69) is 0 Å². The lowest BCUT2D eigenvalue weighted by Crippen LogP contribution is -2.67. The fourth-order valence-corrected chi connectivity index (χ4v) is 3.21. The summed E-state index contributed by atoms with van der Waals surface area (Å²) in [4.78, 5) is 25.5. The van der Waals surface area contributed by atoms with Crippen LogP contribution in [0.15, 0.2) is 18.2 Å². The molecule has 0 aromatic heterocycles. The number of hydrogen-bond acceptors (Lipinski definition) is 5. The second-order valence-electron chi connectivity index (χ2n) is 6.38. The minimum Gasteiger partial charge on any atom is -0.466 e. The Hall–Kier alpha value is -2.36. The number of piperidine rings is 1. The van der Waals surface area contributed by atoms with Gasteiger partial charge < -0.3 is 19.1 Å². The lowest BCUT2D eigenvalue weighted by molar-refractivity contribution is -0.318. The molecule has 2 amide bonds. The molecule has 0 unspecified atom stereocenters. The van der Waals surface area contributed by atoms with Crippen LogP contribution in [0.2, 0.25) is 5.02 Å². The molecule has 0 spiro atoms. The third-order valence-corrected chi connectivity index (χ3v) is 4.62. The van der Waals surface area contributed by atoms with Crippen LogP contribution in [0.3, 0.4) is 0 Å². The van der Waals surface area contributed by atoms with E-state index in [4.69, 9.17) is 25.8 Å². The van der Waals surface area contributed by atoms with E-state index in [-0.39, 0.29) is 36.2 Å². The number of nitrogens with zero attached hydrogens (tertiary/aromatic N) is 1. The molecular formula is C17H18ClF3N2O5. The highest BCUT2D eigenvalue weighted by Crippen LogP contribution is 2.46. The van der Waals surface area contributed by atoms with Gasteiger partial charge in [-0.15, -0.1) is 0 Å². The number of alkyl halides is 3. The van der Waals surface area contributed by atoms with E-state index in [0.717, 1.165) is 11.0 Å². The SMILES string of the molecule is CCOC(=O)[C@@H]1CCCN(C(=O)N[C@@]2(C(F)(F)F)Oc3ccc(Cl)cc3O2)C1. The number of urea groups is 1. The number of hydrogen-bond donors (Lipinski definition) is 1. The third kappa shape index (κ3) is 3.91. The molecule has 0 bridgehead atoms. The number of carbonyl (C=O) groups is 2. The number of amides is 2. The van der Waals surface area contributed by atoms with Crippen LogP contribution in [0.5, 0.6) is 11.5 Å². The summed E-state index contributed by atoms with van der Waals surface area (Å²) in [6.45, 7) is 1.96. The van der Waals surface area contributed by atoms with Gasteiger partial charge in [-0.1, -0.05) is 11.6 Å². The van der Waals surface area contributed by atoms with Gasteiger partial charge in [0.05, 0.1) is 12.5 Å². The van der Waals surface area contributed by atoms with E-state index in [1.807, 2.05) is 0 Å². The Kier molecular flexibility index (Phi) is 5.51. The monoisotopic (exact) mass is 422 g/mol. The number of halogens is 4. The number of benzene rings is 1. The molecule has 154 valence electrons. The number of likely N-dealkylation sites (tertiary alicyclic amines) is 1.